The summed E-state index contributed by atoms with van der Waals surface area (Å²) in [7, 11) is 0. The molecular weight excluding hydrogens is 311 g/mol. The molecule has 24 heavy (non-hydrogen) atoms. The maximum atomic E-state index is 13.3. The van der Waals surface area contributed by atoms with Gasteiger partial charge in [-0.1, -0.05) is 11.2 Å². The van der Waals surface area contributed by atoms with E-state index < -0.39 is 0 Å². The lowest BCUT2D eigenvalue weighted by molar-refractivity contribution is 0.232. The molecule has 0 radical (unpaired) electrons. The van der Waals surface area contributed by atoms with Crippen molar-refractivity contribution in [3.63, 3.8) is 0 Å². The van der Waals surface area contributed by atoms with Gasteiger partial charge in [-0.05, 0) is 30.2 Å². The summed E-state index contributed by atoms with van der Waals surface area (Å²) in [6.45, 7) is 2.04. The molecule has 0 amide bonds. The summed E-state index contributed by atoms with van der Waals surface area (Å²) in [6, 6.07) is 6.09. The van der Waals surface area contributed by atoms with E-state index in [0.29, 0.717) is 30.4 Å². The molecule has 3 aromatic rings. The molecule has 8 heteroatoms. The summed E-state index contributed by atoms with van der Waals surface area (Å²) in [5.74, 6) is 0.814. The van der Waals surface area contributed by atoms with Crippen molar-refractivity contribution in [2.75, 3.05) is 12.3 Å². The van der Waals surface area contributed by atoms with Gasteiger partial charge in [-0.15, -0.1) is 0 Å². The topological polar surface area (TPSA) is 94.0 Å². The Labute approximate surface area is 137 Å². The average molecular weight is 326 g/mol. The Morgan fingerprint density at radius 1 is 1.29 bits per heavy atom. The SMILES string of the molecule is Nc1ncc2c(n1)CN(Cc1noc(-c3cccc(F)c3)n1)CC2. The molecule has 1 aromatic carbocycles. The lowest BCUT2D eigenvalue weighted by atomic mass is 10.1. The van der Waals surface area contributed by atoms with Crippen molar-refractivity contribution in [3.05, 3.63) is 53.4 Å². The van der Waals surface area contributed by atoms with Gasteiger partial charge in [0.2, 0.25) is 5.95 Å². The van der Waals surface area contributed by atoms with Gasteiger partial charge >= 0.3 is 0 Å². The van der Waals surface area contributed by atoms with Gasteiger partial charge in [0.1, 0.15) is 5.82 Å². The fourth-order valence-corrected chi connectivity index (χ4v) is 2.76. The van der Waals surface area contributed by atoms with E-state index in [1.807, 2.05) is 0 Å². The van der Waals surface area contributed by atoms with E-state index in [4.69, 9.17) is 10.3 Å². The first-order chi connectivity index (χ1) is 11.7. The fraction of sp³-hybridized carbons (Fsp3) is 0.250. The Morgan fingerprint density at radius 2 is 2.21 bits per heavy atom. The van der Waals surface area contributed by atoms with E-state index in [-0.39, 0.29) is 11.8 Å². The highest BCUT2D eigenvalue weighted by Crippen LogP contribution is 2.21. The zero-order chi connectivity index (χ0) is 16.5. The number of hydrogen-bond acceptors (Lipinski definition) is 7. The van der Waals surface area contributed by atoms with E-state index in [2.05, 4.69) is 25.0 Å². The van der Waals surface area contributed by atoms with Gasteiger partial charge < -0.3 is 10.3 Å². The minimum atomic E-state index is -0.336. The van der Waals surface area contributed by atoms with Crippen LogP contribution in [0.1, 0.15) is 17.1 Å². The van der Waals surface area contributed by atoms with Gasteiger partial charge in [0.15, 0.2) is 5.82 Å². The van der Waals surface area contributed by atoms with Crippen molar-refractivity contribution >= 4 is 5.95 Å². The number of anilines is 1. The molecule has 122 valence electrons. The Morgan fingerprint density at radius 3 is 3.08 bits per heavy atom. The Balaban J connectivity index is 1.49. The van der Waals surface area contributed by atoms with Crippen LogP contribution in [0, 0.1) is 5.82 Å². The molecule has 1 aliphatic heterocycles. The van der Waals surface area contributed by atoms with Crippen molar-refractivity contribution in [2.45, 2.75) is 19.5 Å². The van der Waals surface area contributed by atoms with Gasteiger partial charge in [-0.2, -0.15) is 4.98 Å². The number of rotatable bonds is 3. The van der Waals surface area contributed by atoms with Crippen LogP contribution in [-0.2, 0) is 19.5 Å². The maximum Gasteiger partial charge on any atom is 0.258 e. The van der Waals surface area contributed by atoms with Crippen LogP contribution < -0.4 is 5.73 Å². The number of nitrogens with zero attached hydrogens (tertiary/aromatic N) is 5. The number of benzene rings is 1. The van der Waals surface area contributed by atoms with Gasteiger partial charge in [0.05, 0.1) is 12.2 Å². The van der Waals surface area contributed by atoms with Crippen LogP contribution in [0.25, 0.3) is 11.5 Å². The highest BCUT2D eigenvalue weighted by Gasteiger charge is 2.20. The van der Waals surface area contributed by atoms with Crippen molar-refractivity contribution in [1.82, 2.24) is 25.0 Å². The second-order valence-corrected chi connectivity index (χ2v) is 5.69. The normalized spacial score (nSPS) is 14.5. The molecule has 1 aliphatic rings. The first kappa shape index (κ1) is 14.7. The van der Waals surface area contributed by atoms with Crippen molar-refractivity contribution in [3.8, 4) is 11.5 Å². The Hall–Kier alpha value is -2.87. The lowest BCUT2D eigenvalue weighted by Gasteiger charge is -2.26. The van der Waals surface area contributed by atoms with Crippen molar-refractivity contribution < 1.29 is 8.91 Å². The molecule has 2 N–H and O–H groups in total. The molecule has 0 atom stereocenters. The third-order valence-corrected chi connectivity index (χ3v) is 3.95. The lowest BCUT2D eigenvalue weighted by Crippen LogP contribution is -2.31. The molecule has 0 fully saturated rings. The number of nitrogen functional groups attached to an aromatic ring is 1. The second kappa shape index (κ2) is 5.97. The monoisotopic (exact) mass is 326 g/mol. The highest BCUT2D eigenvalue weighted by molar-refractivity contribution is 5.52. The van der Waals surface area contributed by atoms with E-state index in [1.165, 1.54) is 12.1 Å². The van der Waals surface area contributed by atoms with Crippen LogP contribution in [0.4, 0.5) is 10.3 Å². The van der Waals surface area contributed by atoms with E-state index in [1.54, 1.807) is 18.3 Å². The van der Waals surface area contributed by atoms with E-state index >= 15 is 0 Å². The van der Waals surface area contributed by atoms with E-state index in [9.17, 15) is 4.39 Å². The third kappa shape index (κ3) is 2.95. The van der Waals surface area contributed by atoms with Crippen LogP contribution in [0.2, 0.25) is 0 Å². The van der Waals surface area contributed by atoms with Crippen LogP contribution in [0.15, 0.2) is 35.0 Å². The molecule has 4 rings (SSSR count). The molecule has 2 aromatic heterocycles. The zero-order valence-electron chi connectivity index (χ0n) is 12.8. The molecule has 0 unspecified atom stereocenters. The molecule has 0 bridgehead atoms. The number of nitrogens with two attached hydrogens (primary N) is 1. The Kier molecular flexibility index (Phi) is 3.66. The predicted octanol–water partition coefficient (Wildman–Crippen LogP) is 1.81. The predicted molar refractivity (Wildman–Crippen MR) is 84.0 cm³/mol. The molecule has 0 aliphatic carbocycles. The largest absolute Gasteiger partial charge is 0.368 e. The molecule has 0 saturated carbocycles. The smallest absolute Gasteiger partial charge is 0.258 e. The molecule has 0 spiro atoms. The van der Waals surface area contributed by atoms with Crippen molar-refractivity contribution in [1.29, 1.82) is 0 Å². The summed E-state index contributed by atoms with van der Waals surface area (Å²) < 4.78 is 18.5. The van der Waals surface area contributed by atoms with Gasteiger partial charge in [0.25, 0.3) is 5.89 Å². The van der Waals surface area contributed by atoms with Gasteiger partial charge in [-0.25, -0.2) is 14.4 Å². The minimum absolute atomic E-state index is 0.281. The molecule has 7 nitrogen and oxygen atoms in total. The number of fused-ring (bicyclic) bond motifs is 1. The van der Waals surface area contributed by atoms with Gasteiger partial charge in [0, 0.05) is 24.8 Å². The standard InChI is InChI=1S/C16H15FN6O/c17-12-3-1-2-10(6-12)15-21-14(22-24-15)9-23-5-4-11-7-19-16(18)20-13(11)8-23/h1-3,6-7H,4-5,8-9H2,(H2,18,19,20). The highest BCUT2D eigenvalue weighted by atomic mass is 19.1. The fourth-order valence-electron chi connectivity index (χ4n) is 2.76. The van der Waals surface area contributed by atoms with Crippen LogP contribution in [-0.4, -0.2) is 31.6 Å². The maximum absolute atomic E-state index is 13.3. The number of aromatic nitrogens is 4. The van der Waals surface area contributed by atoms with Crippen LogP contribution in [0.3, 0.4) is 0 Å². The Bertz CT molecular complexity index is 881. The summed E-state index contributed by atoms with van der Waals surface area (Å²) in [6.07, 6.45) is 2.63. The third-order valence-electron chi connectivity index (χ3n) is 3.95. The van der Waals surface area contributed by atoms with Crippen LogP contribution in [0.5, 0.6) is 0 Å². The second-order valence-electron chi connectivity index (χ2n) is 5.69. The zero-order valence-corrected chi connectivity index (χ0v) is 12.8. The van der Waals surface area contributed by atoms with Gasteiger partial charge in [-0.3, -0.25) is 4.90 Å². The quantitative estimate of drug-likeness (QED) is 0.784. The summed E-state index contributed by atoms with van der Waals surface area (Å²) >= 11 is 0. The summed E-state index contributed by atoms with van der Waals surface area (Å²) in [5.41, 5.74) is 8.27. The average Bonchev–Trinajstić information content (AvgIpc) is 3.03. The number of halogens is 1. The first-order valence-corrected chi connectivity index (χ1v) is 7.58. The van der Waals surface area contributed by atoms with E-state index in [0.717, 1.165) is 24.2 Å². The summed E-state index contributed by atoms with van der Waals surface area (Å²) in [4.78, 5) is 14.8. The summed E-state index contributed by atoms with van der Waals surface area (Å²) in [5, 5.41) is 3.98. The van der Waals surface area contributed by atoms with Crippen molar-refractivity contribution in [2.24, 2.45) is 0 Å². The minimum Gasteiger partial charge on any atom is -0.368 e. The molecule has 0 saturated heterocycles. The molecular formula is C16H15FN6O. The molecule has 3 heterocycles. The van der Waals surface area contributed by atoms with Crippen LogP contribution >= 0.6 is 0 Å². The first-order valence-electron chi connectivity index (χ1n) is 7.58. The number of hydrogen-bond donors (Lipinski definition) is 1.